The lowest BCUT2D eigenvalue weighted by Gasteiger charge is -2.33. The van der Waals surface area contributed by atoms with Crippen LogP contribution in [0.2, 0.25) is 0 Å². The third-order valence-corrected chi connectivity index (χ3v) is 3.35. The first-order valence-electron chi connectivity index (χ1n) is 6.79. The van der Waals surface area contributed by atoms with Crippen LogP contribution in [0, 0.1) is 5.92 Å². The van der Waals surface area contributed by atoms with Crippen molar-refractivity contribution < 1.29 is 0 Å². The van der Waals surface area contributed by atoms with Crippen molar-refractivity contribution in [2.45, 2.75) is 19.8 Å². The Kier molecular flexibility index (Phi) is 4.75. The normalized spacial score (nSPS) is 19.9. The number of piperidine rings is 1. The molecule has 2 heterocycles. The van der Waals surface area contributed by atoms with Gasteiger partial charge >= 0.3 is 0 Å². The van der Waals surface area contributed by atoms with Gasteiger partial charge in [0.25, 0.3) is 0 Å². The molecule has 5 heteroatoms. The quantitative estimate of drug-likeness (QED) is 0.825. The third-order valence-electron chi connectivity index (χ3n) is 3.35. The highest BCUT2D eigenvalue weighted by atomic mass is 15.2. The topological polar surface area (TPSA) is 53.1 Å². The summed E-state index contributed by atoms with van der Waals surface area (Å²) in [6, 6.07) is 2.05. The van der Waals surface area contributed by atoms with Crippen molar-refractivity contribution in [3.05, 3.63) is 12.4 Å². The Labute approximate surface area is 109 Å². The van der Waals surface area contributed by atoms with Crippen LogP contribution in [0.5, 0.6) is 0 Å². The summed E-state index contributed by atoms with van der Waals surface area (Å²) in [5, 5.41) is 6.50. The second-order valence-electron chi connectivity index (χ2n) is 4.80. The first kappa shape index (κ1) is 13.1. The number of hydrogen-bond donors (Lipinski definition) is 2. The van der Waals surface area contributed by atoms with Crippen molar-refractivity contribution in [2.24, 2.45) is 5.92 Å². The van der Waals surface area contributed by atoms with E-state index in [1.165, 1.54) is 12.8 Å². The maximum absolute atomic E-state index is 4.39. The maximum Gasteiger partial charge on any atom is 0.134 e. The molecule has 1 fully saturated rings. The molecule has 0 radical (unpaired) electrons. The van der Waals surface area contributed by atoms with Crippen LogP contribution in [0.1, 0.15) is 19.8 Å². The van der Waals surface area contributed by atoms with Crippen LogP contribution >= 0.6 is 0 Å². The summed E-state index contributed by atoms with van der Waals surface area (Å²) in [7, 11) is 2.02. The molecule has 5 nitrogen and oxygen atoms in total. The third kappa shape index (κ3) is 3.32. The van der Waals surface area contributed by atoms with Gasteiger partial charge in [-0.15, -0.1) is 0 Å². The standard InChI is InChI=1S/C13H23N5/c1-3-15-12-7-13(17-10-16-12)18-6-4-5-11(9-18)8-14-2/h7,10-11,14H,3-6,8-9H2,1-2H3,(H,15,16,17). The highest BCUT2D eigenvalue weighted by molar-refractivity contribution is 5.48. The first-order valence-corrected chi connectivity index (χ1v) is 6.79. The molecule has 1 unspecified atom stereocenters. The van der Waals surface area contributed by atoms with Crippen LogP contribution in [0.4, 0.5) is 11.6 Å². The van der Waals surface area contributed by atoms with Crippen molar-refractivity contribution in [2.75, 3.05) is 43.4 Å². The molecule has 0 amide bonds. The largest absolute Gasteiger partial charge is 0.370 e. The zero-order chi connectivity index (χ0) is 12.8. The van der Waals surface area contributed by atoms with E-state index in [0.29, 0.717) is 0 Å². The van der Waals surface area contributed by atoms with Gasteiger partial charge in [-0.05, 0) is 39.3 Å². The van der Waals surface area contributed by atoms with E-state index in [-0.39, 0.29) is 0 Å². The number of nitrogens with one attached hydrogen (secondary N) is 2. The van der Waals surface area contributed by atoms with Crippen molar-refractivity contribution in [1.29, 1.82) is 0 Å². The summed E-state index contributed by atoms with van der Waals surface area (Å²) < 4.78 is 0. The molecule has 2 rings (SSSR count). The second kappa shape index (κ2) is 6.54. The van der Waals surface area contributed by atoms with Gasteiger partial charge in [-0.25, -0.2) is 9.97 Å². The Morgan fingerprint density at radius 3 is 3.11 bits per heavy atom. The molecular formula is C13H23N5. The van der Waals surface area contributed by atoms with Crippen LogP contribution < -0.4 is 15.5 Å². The molecule has 1 aliphatic heterocycles. The molecule has 0 bridgehead atoms. The zero-order valence-corrected chi connectivity index (χ0v) is 11.3. The van der Waals surface area contributed by atoms with Gasteiger partial charge in [-0.1, -0.05) is 0 Å². The minimum absolute atomic E-state index is 0.723. The first-order chi connectivity index (χ1) is 8.83. The van der Waals surface area contributed by atoms with Gasteiger partial charge in [0.2, 0.25) is 0 Å². The number of aromatic nitrogens is 2. The van der Waals surface area contributed by atoms with Crippen LogP contribution in [0.3, 0.4) is 0 Å². The van der Waals surface area contributed by atoms with Gasteiger partial charge in [0.1, 0.15) is 18.0 Å². The lowest BCUT2D eigenvalue weighted by atomic mass is 9.98. The van der Waals surface area contributed by atoms with E-state index in [9.17, 15) is 0 Å². The molecule has 1 aromatic heterocycles. The van der Waals surface area contributed by atoms with Crippen LogP contribution in [-0.4, -0.2) is 43.2 Å². The Hall–Kier alpha value is -1.36. The predicted octanol–water partition coefficient (Wildman–Crippen LogP) is 1.34. The molecule has 1 saturated heterocycles. The van der Waals surface area contributed by atoms with Gasteiger partial charge < -0.3 is 15.5 Å². The summed E-state index contributed by atoms with van der Waals surface area (Å²) in [4.78, 5) is 11.0. The van der Waals surface area contributed by atoms with E-state index in [1.807, 2.05) is 13.1 Å². The van der Waals surface area contributed by atoms with E-state index >= 15 is 0 Å². The molecule has 0 spiro atoms. The zero-order valence-electron chi connectivity index (χ0n) is 11.3. The lowest BCUT2D eigenvalue weighted by Crippen LogP contribution is -2.39. The summed E-state index contributed by atoms with van der Waals surface area (Å²) in [6.45, 7) is 6.23. The monoisotopic (exact) mass is 249 g/mol. The Balaban J connectivity index is 2.03. The molecule has 18 heavy (non-hydrogen) atoms. The van der Waals surface area contributed by atoms with E-state index in [2.05, 4.69) is 32.4 Å². The summed E-state index contributed by atoms with van der Waals surface area (Å²) in [5.74, 6) is 2.68. The highest BCUT2D eigenvalue weighted by Gasteiger charge is 2.20. The van der Waals surface area contributed by atoms with Crippen LogP contribution in [0.15, 0.2) is 12.4 Å². The fourth-order valence-corrected chi connectivity index (χ4v) is 2.53. The molecule has 2 N–H and O–H groups in total. The average Bonchev–Trinajstić information content (AvgIpc) is 2.40. The predicted molar refractivity (Wildman–Crippen MR) is 75.1 cm³/mol. The summed E-state index contributed by atoms with van der Waals surface area (Å²) in [5.41, 5.74) is 0. The minimum Gasteiger partial charge on any atom is -0.370 e. The Bertz CT molecular complexity index is 366. The van der Waals surface area contributed by atoms with Crippen molar-refractivity contribution in [1.82, 2.24) is 15.3 Å². The molecule has 0 saturated carbocycles. The Morgan fingerprint density at radius 2 is 2.33 bits per heavy atom. The number of rotatable bonds is 5. The van der Waals surface area contributed by atoms with E-state index < -0.39 is 0 Å². The molecule has 0 aromatic carbocycles. The molecule has 1 aliphatic rings. The average molecular weight is 249 g/mol. The molecule has 0 aliphatic carbocycles. The van der Waals surface area contributed by atoms with Crippen LogP contribution in [-0.2, 0) is 0 Å². The fourth-order valence-electron chi connectivity index (χ4n) is 2.53. The van der Waals surface area contributed by atoms with Gasteiger partial charge in [-0.3, -0.25) is 0 Å². The summed E-state index contributed by atoms with van der Waals surface area (Å²) in [6.07, 6.45) is 4.20. The Morgan fingerprint density at radius 1 is 1.44 bits per heavy atom. The molecular weight excluding hydrogens is 226 g/mol. The van der Waals surface area contributed by atoms with E-state index in [0.717, 1.165) is 43.7 Å². The van der Waals surface area contributed by atoms with Gasteiger partial charge in [0.05, 0.1) is 0 Å². The number of nitrogens with zero attached hydrogens (tertiary/aromatic N) is 3. The maximum atomic E-state index is 4.39. The van der Waals surface area contributed by atoms with Crippen molar-refractivity contribution >= 4 is 11.6 Å². The van der Waals surface area contributed by atoms with Gasteiger partial charge in [0.15, 0.2) is 0 Å². The van der Waals surface area contributed by atoms with E-state index in [1.54, 1.807) is 6.33 Å². The number of hydrogen-bond acceptors (Lipinski definition) is 5. The van der Waals surface area contributed by atoms with Crippen molar-refractivity contribution in [3.63, 3.8) is 0 Å². The smallest absolute Gasteiger partial charge is 0.134 e. The SMILES string of the molecule is CCNc1cc(N2CCCC(CNC)C2)ncn1. The molecule has 1 aromatic rings. The van der Waals surface area contributed by atoms with Crippen molar-refractivity contribution in [3.8, 4) is 0 Å². The molecule has 1 atom stereocenters. The van der Waals surface area contributed by atoms with E-state index in [4.69, 9.17) is 0 Å². The lowest BCUT2D eigenvalue weighted by molar-refractivity contribution is 0.401. The highest BCUT2D eigenvalue weighted by Crippen LogP contribution is 2.22. The van der Waals surface area contributed by atoms with Gasteiger partial charge in [-0.2, -0.15) is 0 Å². The number of anilines is 2. The summed E-state index contributed by atoms with van der Waals surface area (Å²) >= 11 is 0. The molecule has 100 valence electrons. The fraction of sp³-hybridized carbons (Fsp3) is 0.692. The minimum atomic E-state index is 0.723. The second-order valence-corrected chi connectivity index (χ2v) is 4.80. The van der Waals surface area contributed by atoms with Gasteiger partial charge in [0, 0.05) is 25.7 Å². The van der Waals surface area contributed by atoms with Crippen LogP contribution in [0.25, 0.3) is 0 Å².